The summed E-state index contributed by atoms with van der Waals surface area (Å²) in [5.74, 6) is 0.754. The van der Waals surface area contributed by atoms with Gasteiger partial charge in [-0.1, -0.05) is 0 Å². The Hall–Kier alpha value is -0.540. The average Bonchev–Trinajstić information content (AvgIpc) is 2.66. The molecule has 86 valence electrons. The smallest absolute Gasteiger partial charge is 0.0762 e. The predicted molar refractivity (Wildman–Crippen MR) is 64.3 cm³/mol. The summed E-state index contributed by atoms with van der Waals surface area (Å²) < 4.78 is 1.98. The first-order valence-corrected chi connectivity index (χ1v) is 6.08. The third-order valence-electron chi connectivity index (χ3n) is 2.24. The lowest BCUT2D eigenvalue weighted by Crippen LogP contribution is -2.15. The van der Waals surface area contributed by atoms with Crippen molar-refractivity contribution in [1.82, 2.24) is 15.1 Å². The van der Waals surface area contributed by atoms with Crippen molar-refractivity contribution in [2.24, 2.45) is 0 Å². The molecule has 0 aliphatic carbocycles. The maximum Gasteiger partial charge on any atom is 0.0762 e. The van der Waals surface area contributed by atoms with E-state index in [1.165, 1.54) is 0 Å². The first-order chi connectivity index (χ1) is 7.24. The first-order valence-electron chi connectivity index (χ1n) is 5.54. The zero-order valence-corrected chi connectivity index (χ0v) is 10.3. The lowest BCUT2D eigenvalue weighted by atomic mass is 10.3. The minimum absolute atomic E-state index is 0.440. The molecule has 0 amide bonds. The van der Waals surface area contributed by atoms with Crippen LogP contribution in [-0.2, 0) is 6.54 Å². The quantitative estimate of drug-likeness (QED) is 0.575. The SMILES string of the molecule is CC(C)n1ccc(CNCCCCCl)n1. The Morgan fingerprint density at radius 3 is 2.87 bits per heavy atom. The minimum atomic E-state index is 0.440. The van der Waals surface area contributed by atoms with E-state index in [0.717, 1.165) is 37.5 Å². The van der Waals surface area contributed by atoms with Crippen LogP contribution in [0.2, 0.25) is 0 Å². The average molecular weight is 230 g/mol. The van der Waals surface area contributed by atoms with Crippen molar-refractivity contribution in [2.45, 2.75) is 39.3 Å². The number of nitrogens with zero attached hydrogens (tertiary/aromatic N) is 2. The van der Waals surface area contributed by atoms with Crippen molar-refractivity contribution in [1.29, 1.82) is 0 Å². The van der Waals surface area contributed by atoms with Crippen molar-refractivity contribution >= 4 is 11.6 Å². The molecule has 0 aliphatic rings. The normalized spacial score (nSPS) is 11.2. The topological polar surface area (TPSA) is 29.9 Å². The van der Waals surface area contributed by atoms with E-state index in [9.17, 15) is 0 Å². The molecule has 1 aromatic heterocycles. The van der Waals surface area contributed by atoms with Gasteiger partial charge in [-0.25, -0.2) is 0 Å². The van der Waals surface area contributed by atoms with Crippen LogP contribution in [0.15, 0.2) is 12.3 Å². The molecule has 1 rings (SSSR count). The molecule has 15 heavy (non-hydrogen) atoms. The molecule has 4 heteroatoms. The summed E-state index contributed by atoms with van der Waals surface area (Å²) in [6, 6.07) is 2.50. The number of hydrogen-bond donors (Lipinski definition) is 1. The molecule has 1 N–H and O–H groups in total. The summed E-state index contributed by atoms with van der Waals surface area (Å²) in [6.45, 7) is 6.12. The summed E-state index contributed by atoms with van der Waals surface area (Å²) in [6.07, 6.45) is 4.24. The van der Waals surface area contributed by atoms with Gasteiger partial charge < -0.3 is 5.32 Å². The molecule has 1 heterocycles. The van der Waals surface area contributed by atoms with Crippen LogP contribution in [0.1, 0.15) is 38.4 Å². The van der Waals surface area contributed by atoms with Gasteiger partial charge in [-0.2, -0.15) is 5.10 Å². The van der Waals surface area contributed by atoms with Crippen LogP contribution < -0.4 is 5.32 Å². The van der Waals surface area contributed by atoms with Crippen molar-refractivity contribution < 1.29 is 0 Å². The summed E-state index contributed by atoms with van der Waals surface area (Å²) in [4.78, 5) is 0. The van der Waals surface area contributed by atoms with Gasteiger partial charge in [0.1, 0.15) is 0 Å². The van der Waals surface area contributed by atoms with Gasteiger partial charge in [0.15, 0.2) is 0 Å². The van der Waals surface area contributed by atoms with E-state index in [2.05, 4.69) is 30.3 Å². The van der Waals surface area contributed by atoms with Crippen molar-refractivity contribution in [3.05, 3.63) is 18.0 Å². The molecular weight excluding hydrogens is 210 g/mol. The molecule has 1 aromatic rings. The van der Waals surface area contributed by atoms with Crippen LogP contribution in [0.3, 0.4) is 0 Å². The third-order valence-corrected chi connectivity index (χ3v) is 2.50. The van der Waals surface area contributed by atoms with E-state index in [4.69, 9.17) is 11.6 Å². The number of alkyl halides is 1. The van der Waals surface area contributed by atoms with E-state index in [-0.39, 0.29) is 0 Å². The second-order valence-electron chi connectivity index (χ2n) is 3.95. The molecule has 3 nitrogen and oxygen atoms in total. The molecule has 0 spiro atoms. The van der Waals surface area contributed by atoms with E-state index in [0.29, 0.717) is 6.04 Å². The maximum absolute atomic E-state index is 5.59. The highest BCUT2D eigenvalue weighted by Gasteiger charge is 2.00. The molecular formula is C11H20ClN3. The Bertz CT molecular complexity index is 271. The zero-order chi connectivity index (χ0) is 11.1. The van der Waals surface area contributed by atoms with Gasteiger partial charge >= 0.3 is 0 Å². The van der Waals surface area contributed by atoms with E-state index in [1.54, 1.807) is 0 Å². The number of unbranched alkanes of at least 4 members (excludes halogenated alkanes) is 1. The van der Waals surface area contributed by atoms with Crippen molar-refractivity contribution in [3.8, 4) is 0 Å². The van der Waals surface area contributed by atoms with Crippen LogP contribution in [0.25, 0.3) is 0 Å². The van der Waals surface area contributed by atoms with Gasteiger partial charge in [0, 0.05) is 24.7 Å². The molecule has 0 saturated heterocycles. The van der Waals surface area contributed by atoms with Crippen molar-refractivity contribution in [3.63, 3.8) is 0 Å². The fourth-order valence-corrected chi connectivity index (χ4v) is 1.51. The largest absolute Gasteiger partial charge is 0.311 e. The summed E-state index contributed by atoms with van der Waals surface area (Å²) in [5, 5.41) is 7.81. The molecule has 0 bridgehead atoms. The lowest BCUT2D eigenvalue weighted by Gasteiger charge is -2.04. The highest BCUT2D eigenvalue weighted by Crippen LogP contribution is 2.03. The predicted octanol–water partition coefficient (Wildman–Crippen LogP) is 2.57. The summed E-state index contributed by atoms with van der Waals surface area (Å²) >= 11 is 5.59. The molecule has 0 aromatic carbocycles. The number of aromatic nitrogens is 2. The van der Waals surface area contributed by atoms with Crippen LogP contribution >= 0.6 is 11.6 Å². The van der Waals surface area contributed by atoms with Crippen LogP contribution in [0, 0.1) is 0 Å². The Labute approximate surface area is 96.8 Å². The standard InChI is InChI=1S/C11H20ClN3/c1-10(2)15-8-5-11(14-15)9-13-7-4-3-6-12/h5,8,10,13H,3-4,6-7,9H2,1-2H3. The minimum Gasteiger partial charge on any atom is -0.311 e. The number of nitrogens with one attached hydrogen (secondary N) is 1. The van der Waals surface area contributed by atoms with Crippen LogP contribution in [0.4, 0.5) is 0 Å². The van der Waals surface area contributed by atoms with Gasteiger partial charge in [-0.3, -0.25) is 4.68 Å². The number of halogens is 1. The van der Waals surface area contributed by atoms with Gasteiger partial charge in [0.05, 0.1) is 5.69 Å². The number of hydrogen-bond acceptors (Lipinski definition) is 2. The Morgan fingerprint density at radius 1 is 1.47 bits per heavy atom. The van der Waals surface area contributed by atoms with Gasteiger partial charge in [-0.05, 0) is 39.3 Å². The van der Waals surface area contributed by atoms with Crippen LogP contribution in [0.5, 0.6) is 0 Å². The molecule has 0 radical (unpaired) electrons. The molecule has 0 atom stereocenters. The maximum atomic E-state index is 5.59. The highest BCUT2D eigenvalue weighted by molar-refractivity contribution is 6.17. The van der Waals surface area contributed by atoms with Gasteiger partial charge in [0.2, 0.25) is 0 Å². The first kappa shape index (κ1) is 12.5. The lowest BCUT2D eigenvalue weighted by molar-refractivity contribution is 0.520. The molecule has 0 aliphatic heterocycles. The molecule has 0 fully saturated rings. The third kappa shape index (κ3) is 4.67. The second-order valence-corrected chi connectivity index (χ2v) is 4.33. The Morgan fingerprint density at radius 2 is 2.27 bits per heavy atom. The second kappa shape index (κ2) is 6.85. The fraction of sp³-hybridized carbons (Fsp3) is 0.727. The van der Waals surface area contributed by atoms with Gasteiger partial charge in [-0.15, -0.1) is 11.6 Å². The Kier molecular flexibility index (Phi) is 5.73. The van der Waals surface area contributed by atoms with Crippen molar-refractivity contribution in [2.75, 3.05) is 12.4 Å². The van der Waals surface area contributed by atoms with Gasteiger partial charge in [0.25, 0.3) is 0 Å². The molecule has 0 unspecified atom stereocenters. The Balaban J connectivity index is 2.20. The van der Waals surface area contributed by atoms with E-state index in [1.807, 2.05) is 10.9 Å². The molecule has 0 saturated carbocycles. The monoisotopic (exact) mass is 229 g/mol. The summed E-state index contributed by atoms with van der Waals surface area (Å²) in [7, 11) is 0. The fourth-order valence-electron chi connectivity index (χ4n) is 1.32. The summed E-state index contributed by atoms with van der Waals surface area (Å²) in [5.41, 5.74) is 1.11. The van der Waals surface area contributed by atoms with E-state index >= 15 is 0 Å². The highest BCUT2D eigenvalue weighted by atomic mass is 35.5. The van der Waals surface area contributed by atoms with E-state index < -0.39 is 0 Å². The number of rotatable bonds is 7. The van der Waals surface area contributed by atoms with Crippen LogP contribution in [-0.4, -0.2) is 22.2 Å². The zero-order valence-electron chi connectivity index (χ0n) is 9.54.